The second-order valence-corrected chi connectivity index (χ2v) is 6.15. The zero-order valence-electron chi connectivity index (χ0n) is 14.0. The van der Waals surface area contributed by atoms with Crippen molar-refractivity contribution in [3.8, 4) is 0 Å². The van der Waals surface area contributed by atoms with E-state index in [0.29, 0.717) is 18.2 Å². The number of rotatable bonds is 6. The van der Waals surface area contributed by atoms with E-state index >= 15 is 0 Å². The number of benzene rings is 1. The highest BCUT2D eigenvalue weighted by atomic mass is 35.5. The molecule has 0 atom stereocenters. The lowest BCUT2D eigenvalue weighted by Crippen LogP contribution is -2.37. The van der Waals surface area contributed by atoms with Gasteiger partial charge in [0.25, 0.3) is 11.6 Å². The zero-order chi connectivity index (χ0) is 16.7. The number of nitrogens with one attached hydrogen (secondary N) is 2. The molecule has 1 saturated carbocycles. The second-order valence-electron chi connectivity index (χ2n) is 6.15. The van der Waals surface area contributed by atoms with Crippen molar-refractivity contribution in [2.75, 3.05) is 13.1 Å². The number of nitrogens with zero attached hydrogens (tertiary/aromatic N) is 1. The Kier molecular flexibility index (Phi) is 8.71. The molecule has 0 aliphatic heterocycles. The number of carbonyl (C=O) groups excluding carboxylic acids is 1. The fraction of sp³-hybridized carbons (Fsp3) is 0.588. The van der Waals surface area contributed by atoms with Crippen molar-refractivity contribution in [2.24, 2.45) is 0 Å². The molecule has 2 N–H and O–H groups in total. The molecular weight excluding hydrogens is 330 g/mol. The van der Waals surface area contributed by atoms with E-state index in [0.717, 1.165) is 12.1 Å². The van der Waals surface area contributed by atoms with Gasteiger partial charge in [-0.2, -0.15) is 0 Å². The van der Waals surface area contributed by atoms with Crippen LogP contribution in [-0.4, -0.2) is 30.0 Å². The van der Waals surface area contributed by atoms with Crippen LogP contribution in [0.4, 0.5) is 5.69 Å². The highest BCUT2D eigenvalue weighted by molar-refractivity contribution is 5.96. The van der Waals surface area contributed by atoms with Gasteiger partial charge in [-0.1, -0.05) is 31.7 Å². The highest BCUT2D eigenvalue weighted by Gasteiger charge is 2.15. The molecule has 134 valence electrons. The Balaban J connectivity index is 0.00000288. The summed E-state index contributed by atoms with van der Waals surface area (Å²) in [5.74, 6) is -0.256. The minimum atomic E-state index is -0.482. The van der Waals surface area contributed by atoms with Crippen LogP contribution in [0.3, 0.4) is 0 Å². The van der Waals surface area contributed by atoms with Crippen molar-refractivity contribution in [1.82, 2.24) is 10.6 Å². The molecule has 1 aliphatic rings. The van der Waals surface area contributed by atoms with E-state index in [-0.39, 0.29) is 24.0 Å². The lowest BCUT2D eigenvalue weighted by molar-refractivity contribution is -0.384. The first-order chi connectivity index (χ1) is 11.1. The molecule has 0 aromatic heterocycles. The van der Waals surface area contributed by atoms with Crippen molar-refractivity contribution >= 4 is 24.0 Å². The lowest BCUT2D eigenvalue weighted by Gasteiger charge is -2.16. The number of nitro groups is 1. The summed E-state index contributed by atoms with van der Waals surface area (Å²) in [6.07, 6.45) is 7.60. The van der Waals surface area contributed by atoms with E-state index in [1.807, 2.05) is 0 Å². The monoisotopic (exact) mass is 355 g/mol. The summed E-state index contributed by atoms with van der Waals surface area (Å²) < 4.78 is 0. The van der Waals surface area contributed by atoms with Crippen molar-refractivity contribution in [2.45, 2.75) is 51.5 Å². The molecule has 1 aromatic rings. The Morgan fingerprint density at radius 2 is 1.88 bits per heavy atom. The van der Waals surface area contributed by atoms with E-state index < -0.39 is 4.92 Å². The SMILES string of the molecule is Cc1ccc([N+](=O)[O-])cc1C(=O)NCCNC1CCCCCC1.Cl. The molecule has 1 aromatic carbocycles. The van der Waals surface area contributed by atoms with Gasteiger partial charge >= 0.3 is 0 Å². The molecule has 0 radical (unpaired) electrons. The van der Waals surface area contributed by atoms with Crippen molar-refractivity contribution < 1.29 is 9.72 Å². The van der Waals surface area contributed by atoms with Crippen LogP contribution < -0.4 is 10.6 Å². The van der Waals surface area contributed by atoms with Crippen molar-refractivity contribution in [1.29, 1.82) is 0 Å². The quantitative estimate of drug-likeness (QED) is 0.354. The maximum atomic E-state index is 12.2. The van der Waals surface area contributed by atoms with Gasteiger partial charge in [-0.15, -0.1) is 12.4 Å². The van der Waals surface area contributed by atoms with Crippen LogP contribution in [-0.2, 0) is 0 Å². The molecule has 6 nitrogen and oxygen atoms in total. The number of nitro benzene ring substituents is 1. The summed E-state index contributed by atoms with van der Waals surface area (Å²) in [6, 6.07) is 4.91. The van der Waals surface area contributed by atoms with Gasteiger partial charge in [0.05, 0.1) is 4.92 Å². The maximum Gasteiger partial charge on any atom is 0.270 e. The van der Waals surface area contributed by atoms with E-state index in [1.165, 1.54) is 50.7 Å². The molecule has 0 heterocycles. The predicted octanol–water partition coefficient (Wildman–Crippen LogP) is 3.37. The number of non-ortho nitro benzene ring substituents is 1. The van der Waals surface area contributed by atoms with E-state index in [4.69, 9.17) is 0 Å². The normalized spacial score (nSPS) is 15.2. The largest absolute Gasteiger partial charge is 0.351 e. The fourth-order valence-corrected chi connectivity index (χ4v) is 3.00. The summed E-state index contributed by atoms with van der Waals surface area (Å²) >= 11 is 0. The molecule has 0 spiro atoms. The van der Waals surface area contributed by atoms with Crippen LogP contribution in [0, 0.1) is 17.0 Å². The molecule has 1 aliphatic carbocycles. The minimum absolute atomic E-state index is 0. The molecular formula is C17H26ClN3O3. The van der Waals surface area contributed by atoms with Gasteiger partial charge in [0.1, 0.15) is 0 Å². The molecule has 0 unspecified atom stereocenters. The smallest absolute Gasteiger partial charge is 0.270 e. The number of aryl methyl sites for hydroxylation is 1. The third-order valence-corrected chi connectivity index (χ3v) is 4.38. The van der Waals surface area contributed by atoms with E-state index in [2.05, 4.69) is 10.6 Å². The second kappa shape index (κ2) is 10.3. The summed E-state index contributed by atoms with van der Waals surface area (Å²) in [5.41, 5.74) is 1.05. The Bertz CT molecular complexity index is 558. The topological polar surface area (TPSA) is 84.3 Å². The van der Waals surface area contributed by atoms with Gasteiger partial charge in [-0.25, -0.2) is 0 Å². The summed E-state index contributed by atoms with van der Waals surface area (Å²) in [4.78, 5) is 22.5. The first-order valence-electron chi connectivity index (χ1n) is 8.34. The summed E-state index contributed by atoms with van der Waals surface area (Å²) in [5, 5.41) is 17.1. The third-order valence-electron chi connectivity index (χ3n) is 4.38. The van der Waals surface area contributed by atoms with Crippen molar-refractivity contribution in [3.63, 3.8) is 0 Å². The van der Waals surface area contributed by atoms with Gasteiger partial charge in [-0.05, 0) is 25.3 Å². The Hall–Kier alpha value is -1.66. The van der Waals surface area contributed by atoms with Gasteiger partial charge in [0, 0.05) is 36.8 Å². The molecule has 1 amide bonds. The van der Waals surface area contributed by atoms with Crippen molar-refractivity contribution in [3.05, 3.63) is 39.4 Å². The molecule has 2 rings (SSSR count). The highest BCUT2D eigenvalue weighted by Crippen LogP contribution is 2.18. The number of halogens is 1. The number of carbonyl (C=O) groups is 1. The minimum Gasteiger partial charge on any atom is -0.351 e. The Morgan fingerprint density at radius 1 is 1.21 bits per heavy atom. The van der Waals surface area contributed by atoms with Gasteiger partial charge < -0.3 is 10.6 Å². The van der Waals surface area contributed by atoms with Crippen LogP contribution in [0.25, 0.3) is 0 Å². The summed E-state index contributed by atoms with van der Waals surface area (Å²) in [7, 11) is 0. The fourth-order valence-electron chi connectivity index (χ4n) is 3.00. The molecule has 1 fully saturated rings. The molecule has 7 heteroatoms. The van der Waals surface area contributed by atoms with Crippen LogP contribution in [0.15, 0.2) is 18.2 Å². The zero-order valence-corrected chi connectivity index (χ0v) is 14.9. The van der Waals surface area contributed by atoms with Crippen LogP contribution in [0.2, 0.25) is 0 Å². The Labute approximate surface area is 149 Å². The molecule has 0 saturated heterocycles. The van der Waals surface area contributed by atoms with Crippen LogP contribution in [0.1, 0.15) is 54.4 Å². The van der Waals surface area contributed by atoms with Gasteiger partial charge in [0.15, 0.2) is 0 Å². The lowest BCUT2D eigenvalue weighted by atomic mass is 10.1. The number of hydrogen-bond donors (Lipinski definition) is 2. The van der Waals surface area contributed by atoms with Gasteiger partial charge in [0.2, 0.25) is 0 Å². The number of hydrogen-bond acceptors (Lipinski definition) is 4. The average Bonchev–Trinajstić information content (AvgIpc) is 2.80. The van der Waals surface area contributed by atoms with Gasteiger partial charge in [-0.3, -0.25) is 14.9 Å². The van der Waals surface area contributed by atoms with Crippen LogP contribution >= 0.6 is 12.4 Å². The standard InChI is InChI=1S/C17H25N3O3.ClH/c1-13-8-9-15(20(22)23)12-16(13)17(21)19-11-10-18-14-6-4-2-3-5-7-14;/h8-9,12,14,18H,2-7,10-11H2,1H3,(H,19,21);1H. The first-order valence-corrected chi connectivity index (χ1v) is 8.34. The summed E-state index contributed by atoms with van der Waals surface area (Å²) in [6.45, 7) is 3.03. The third kappa shape index (κ3) is 6.09. The average molecular weight is 356 g/mol. The predicted molar refractivity (Wildman–Crippen MR) is 96.9 cm³/mol. The van der Waals surface area contributed by atoms with E-state index in [1.54, 1.807) is 13.0 Å². The van der Waals surface area contributed by atoms with Crippen LogP contribution in [0.5, 0.6) is 0 Å². The number of amides is 1. The Morgan fingerprint density at radius 3 is 2.50 bits per heavy atom. The maximum absolute atomic E-state index is 12.2. The molecule has 0 bridgehead atoms. The first kappa shape index (κ1) is 20.4. The molecule has 24 heavy (non-hydrogen) atoms. The van der Waals surface area contributed by atoms with E-state index in [9.17, 15) is 14.9 Å².